The Kier molecular flexibility index (Phi) is 6.25. The van der Waals surface area contributed by atoms with E-state index in [1.54, 1.807) is 0 Å². The Labute approximate surface area is 137 Å². The first-order chi connectivity index (χ1) is 10.6. The number of hydrogen-bond donors (Lipinski definition) is 1. The molecule has 118 valence electrons. The average molecular weight is 317 g/mol. The van der Waals surface area contributed by atoms with Crippen LogP contribution < -0.4 is 0 Å². The summed E-state index contributed by atoms with van der Waals surface area (Å²) in [5.74, 6) is 0.748. The van der Waals surface area contributed by atoms with Gasteiger partial charge in [0.1, 0.15) is 5.78 Å². The number of unbranched alkanes of at least 4 members (excludes halogenated alkanes) is 3. The van der Waals surface area contributed by atoms with Gasteiger partial charge in [-0.25, -0.2) is 0 Å². The second-order valence-corrected chi connectivity index (χ2v) is 6.02. The first-order valence-corrected chi connectivity index (χ1v) is 8.46. The highest BCUT2D eigenvalue weighted by Gasteiger charge is 2.12. The molecule has 1 aromatic heterocycles. The molecule has 0 atom stereocenters. The summed E-state index contributed by atoms with van der Waals surface area (Å²) in [6.45, 7) is 0. The van der Waals surface area contributed by atoms with Crippen LogP contribution in [0, 0.1) is 0 Å². The van der Waals surface area contributed by atoms with Gasteiger partial charge < -0.3 is 4.57 Å². The van der Waals surface area contributed by atoms with Crippen LogP contribution in [0.25, 0.3) is 10.9 Å². The molecule has 0 aliphatic heterocycles. The molecule has 1 heterocycles. The summed E-state index contributed by atoms with van der Waals surface area (Å²) in [7, 11) is 1.97. The molecule has 2 rings (SSSR count). The van der Waals surface area contributed by atoms with Crippen molar-refractivity contribution in [3.05, 3.63) is 36.0 Å². The maximum absolute atomic E-state index is 12.4. The number of aromatic nitrogens is 1. The summed E-state index contributed by atoms with van der Waals surface area (Å²) in [4.78, 5) is 23.5. The van der Waals surface area contributed by atoms with E-state index < -0.39 is 0 Å². The van der Waals surface area contributed by atoms with Gasteiger partial charge in [0.05, 0.1) is 0 Å². The van der Waals surface area contributed by atoms with Gasteiger partial charge in [0.25, 0.3) is 0 Å². The van der Waals surface area contributed by atoms with Crippen molar-refractivity contribution in [2.45, 2.75) is 38.5 Å². The fourth-order valence-electron chi connectivity index (χ4n) is 2.74. The van der Waals surface area contributed by atoms with Crippen molar-refractivity contribution in [2.24, 2.45) is 7.05 Å². The van der Waals surface area contributed by atoms with E-state index in [1.165, 1.54) is 0 Å². The molecule has 0 bridgehead atoms. The van der Waals surface area contributed by atoms with Crippen molar-refractivity contribution in [1.29, 1.82) is 0 Å². The van der Waals surface area contributed by atoms with Crippen LogP contribution in [0.2, 0.25) is 0 Å². The molecule has 0 aliphatic rings. The molecule has 0 spiro atoms. The van der Waals surface area contributed by atoms with E-state index in [0.29, 0.717) is 18.6 Å². The minimum Gasteiger partial charge on any atom is -0.350 e. The topological polar surface area (TPSA) is 39.1 Å². The fraction of sp³-hybridized carbons (Fsp3) is 0.444. The third kappa shape index (κ3) is 4.23. The molecule has 0 N–H and O–H groups in total. The number of benzene rings is 1. The number of carbonyl (C=O) groups excluding carboxylic acids is 2. The van der Waals surface area contributed by atoms with E-state index in [1.807, 2.05) is 42.1 Å². The highest BCUT2D eigenvalue weighted by molar-refractivity contribution is 7.81. The summed E-state index contributed by atoms with van der Waals surface area (Å²) in [6, 6.07) is 8.00. The van der Waals surface area contributed by atoms with Gasteiger partial charge in [-0.1, -0.05) is 31.0 Å². The SMILES string of the molecule is Cn1cc(C(=O)CCCCCCC(=O)CS)c2ccccc21. The standard InChI is InChI=1S/C18H23NO2S/c1-19-12-16(15-9-6-7-10-17(15)19)18(21)11-5-3-2-4-8-14(20)13-22/h6-7,9-10,12,22H,2-5,8,11,13H2,1H3. The highest BCUT2D eigenvalue weighted by atomic mass is 32.1. The summed E-state index contributed by atoms with van der Waals surface area (Å²) < 4.78 is 2.01. The van der Waals surface area contributed by atoms with Crippen LogP contribution >= 0.6 is 12.6 Å². The maximum Gasteiger partial charge on any atom is 0.165 e. The Morgan fingerprint density at radius 1 is 1.05 bits per heavy atom. The molecule has 0 saturated heterocycles. The van der Waals surface area contributed by atoms with Gasteiger partial charge in [-0.15, -0.1) is 0 Å². The number of hydrogen-bond acceptors (Lipinski definition) is 3. The molecule has 0 aliphatic carbocycles. The fourth-order valence-corrected chi connectivity index (χ4v) is 2.90. The quantitative estimate of drug-likeness (QED) is 0.428. The highest BCUT2D eigenvalue weighted by Crippen LogP contribution is 2.22. The lowest BCUT2D eigenvalue weighted by atomic mass is 10.0. The van der Waals surface area contributed by atoms with Gasteiger partial charge in [-0.3, -0.25) is 9.59 Å². The Morgan fingerprint density at radius 3 is 2.45 bits per heavy atom. The second kappa shape index (κ2) is 8.18. The molecule has 0 unspecified atom stereocenters. The van der Waals surface area contributed by atoms with Crippen molar-refractivity contribution in [3.63, 3.8) is 0 Å². The molecule has 0 radical (unpaired) electrons. The predicted molar refractivity (Wildman–Crippen MR) is 93.8 cm³/mol. The molecule has 0 amide bonds. The molecular weight excluding hydrogens is 294 g/mol. The minimum absolute atomic E-state index is 0.204. The Morgan fingerprint density at radius 2 is 1.73 bits per heavy atom. The first-order valence-electron chi connectivity index (χ1n) is 7.83. The van der Waals surface area contributed by atoms with Crippen LogP contribution in [0.4, 0.5) is 0 Å². The van der Waals surface area contributed by atoms with Crippen molar-refractivity contribution in [1.82, 2.24) is 4.57 Å². The first kappa shape index (κ1) is 16.8. The third-order valence-corrected chi connectivity index (χ3v) is 4.34. The van der Waals surface area contributed by atoms with E-state index in [2.05, 4.69) is 12.6 Å². The Balaban J connectivity index is 1.81. The van der Waals surface area contributed by atoms with Crippen molar-refractivity contribution < 1.29 is 9.59 Å². The molecule has 3 nitrogen and oxygen atoms in total. The predicted octanol–water partition coefficient (Wildman–Crippen LogP) is 4.20. The lowest BCUT2D eigenvalue weighted by Gasteiger charge is -2.01. The lowest BCUT2D eigenvalue weighted by Crippen LogP contribution is -2.00. The number of carbonyl (C=O) groups is 2. The second-order valence-electron chi connectivity index (χ2n) is 5.71. The van der Waals surface area contributed by atoms with Crippen LogP contribution in [0.15, 0.2) is 30.5 Å². The zero-order valence-electron chi connectivity index (χ0n) is 13.0. The van der Waals surface area contributed by atoms with E-state index in [-0.39, 0.29) is 11.6 Å². The summed E-state index contributed by atoms with van der Waals surface area (Å²) in [5.41, 5.74) is 1.92. The largest absolute Gasteiger partial charge is 0.350 e. The minimum atomic E-state index is 0.204. The van der Waals surface area contributed by atoms with Gasteiger partial charge >= 0.3 is 0 Å². The molecule has 1 aromatic carbocycles. The summed E-state index contributed by atoms with van der Waals surface area (Å²) in [6.07, 6.45) is 6.91. The van der Waals surface area contributed by atoms with Gasteiger partial charge in [0.15, 0.2) is 5.78 Å². The van der Waals surface area contributed by atoms with E-state index in [0.717, 1.165) is 42.1 Å². The van der Waals surface area contributed by atoms with Crippen LogP contribution in [-0.2, 0) is 11.8 Å². The van der Waals surface area contributed by atoms with Gasteiger partial charge in [0, 0.05) is 48.3 Å². The molecule has 0 saturated carbocycles. The van der Waals surface area contributed by atoms with Crippen molar-refractivity contribution in [2.75, 3.05) is 5.75 Å². The van der Waals surface area contributed by atoms with Gasteiger partial charge in [0.2, 0.25) is 0 Å². The maximum atomic E-state index is 12.4. The normalized spacial score (nSPS) is 11.0. The smallest absolute Gasteiger partial charge is 0.165 e. The van der Waals surface area contributed by atoms with Crippen LogP contribution in [0.1, 0.15) is 48.9 Å². The number of para-hydroxylation sites is 1. The number of aryl methyl sites for hydroxylation is 1. The molecule has 4 heteroatoms. The Hall–Kier alpha value is -1.55. The summed E-state index contributed by atoms with van der Waals surface area (Å²) in [5, 5.41) is 1.04. The van der Waals surface area contributed by atoms with Crippen LogP contribution in [0.5, 0.6) is 0 Å². The average Bonchev–Trinajstić information content (AvgIpc) is 2.88. The van der Waals surface area contributed by atoms with Crippen molar-refractivity contribution in [3.8, 4) is 0 Å². The van der Waals surface area contributed by atoms with Gasteiger partial charge in [-0.05, 0) is 18.9 Å². The molecule has 0 fully saturated rings. The van der Waals surface area contributed by atoms with E-state index >= 15 is 0 Å². The number of ketones is 2. The van der Waals surface area contributed by atoms with Gasteiger partial charge in [-0.2, -0.15) is 12.6 Å². The number of thiol groups is 1. The Bertz CT molecular complexity index is 660. The number of nitrogens with zero attached hydrogens (tertiary/aromatic N) is 1. The number of Topliss-reactive ketones (excluding diaryl/α,β-unsaturated/α-hetero) is 2. The number of rotatable bonds is 9. The molecule has 2 aromatic rings. The summed E-state index contributed by atoms with van der Waals surface area (Å²) >= 11 is 3.96. The van der Waals surface area contributed by atoms with E-state index in [9.17, 15) is 9.59 Å². The lowest BCUT2D eigenvalue weighted by molar-refractivity contribution is -0.116. The monoisotopic (exact) mass is 317 g/mol. The van der Waals surface area contributed by atoms with Crippen LogP contribution in [-0.4, -0.2) is 21.9 Å². The van der Waals surface area contributed by atoms with E-state index in [4.69, 9.17) is 0 Å². The molecule has 22 heavy (non-hydrogen) atoms. The molecular formula is C18H23NO2S. The third-order valence-electron chi connectivity index (χ3n) is 3.98. The van der Waals surface area contributed by atoms with Crippen molar-refractivity contribution >= 4 is 35.1 Å². The van der Waals surface area contributed by atoms with Crippen LogP contribution in [0.3, 0.4) is 0 Å². The number of fused-ring (bicyclic) bond motifs is 1. The zero-order chi connectivity index (χ0) is 15.9. The zero-order valence-corrected chi connectivity index (χ0v) is 13.9.